The number of pyridine rings is 1. The summed E-state index contributed by atoms with van der Waals surface area (Å²) >= 11 is 0. The maximum Gasteiger partial charge on any atom is 0.228 e. The molecule has 0 saturated heterocycles. The molecule has 0 saturated carbocycles. The molecular weight excluding hydrogens is 392 g/mol. The van der Waals surface area contributed by atoms with E-state index in [1.807, 2.05) is 48.7 Å². The Labute approximate surface area is 176 Å². The van der Waals surface area contributed by atoms with Gasteiger partial charge in [-0.25, -0.2) is 14.5 Å². The van der Waals surface area contributed by atoms with E-state index in [1.54, 1.807) is 29.2 Å². The highest BCUT2D eigenvalue weighted by molar-refractivity contribution is 5.74. The molecule has 150 valence electrons. The quantitative estimate of drug-likeness (QED) is 0.420. The maximum atomic E-state index is 9.97. The summed E-state index contributed by atoms with van der Waals surface area (Å²) in [7, 11) is 0. The van der Waals surface area contributed by atoms with Gasteiger partial charge in [-0.2, -0.15) is 0 Å². The second kappa shape index (κ2) is 6.53. The minimum atomic E-state index is -0.241. The Morgan fingerprint density at radius 3 is 2.81 bits per heavy atom. The van der Waals surface area contributed by atoms with Gasteiger partial charge in [0.1, 0.15) is 17.8 Å². The fraction of sp³-hybridized carbons (Fsp3) is 0.0435. The number of phenolic OH excluding ortho intramolecular Hbond substituents is 1. The van der Waals surface area contributed by atoms with Crippen molar-refractivity contribution in [1.29, 1.82) is 0 Å². The number of aromatic nitrogens is 5. The van der Waals surface area contributed by atoms with Crippen molar-refractivity contribution in [1.82, 2.24) is 24.6 Å². The molecular formula is C23H16N6O2. The molecule has 5 aromatic rings. The molecule has 8 nitrogen and oxygen atoms in total. The van der Waals surface area contributed by atoms with E-state index in [-0.39, 0.29) is 11.7 Å². The monoisotopic (exact) mass is 408 g/mol. The van der Waals surface area contributed by atoms with E-state index >= 15 is 0 Å². The van der Waals surface area contributed by atoms with Gasteiger partial charge in [-0.3, -0.25) is 4.98 Å². The zero-order valence-corrected chi connectivity index (χ0v) is 16.2. The number of aromatic hydroxyl groups is 1. The smallest absolute Gasteiger partial charge is 0.228 e. The highest BCUT2D eigenvalue weighted by atomic mass is 16.5. The van der Waals surface area contributed by atoms with Crippen molar-refractivity contribution in [2.75, 3.05) is 5.73 Å². The van der Waals surface area contributed by atoms with Crippen LogP contribution in [0, 0.1) is 0 Å². The number of benzene rings is 2. The number of phenols is 1. The van der Waals surface area contributed by atoms with Gasteiger partial charge in [-0.15, -0.1) is 5.10 Å². The van der Waals surface area contributed by atoms with E-state index in [0.29, 0.717) is 28.8 Å². The lowest BCUT2D eigenvalue weighted by Crippen LogP contribution is -2.15. The summed E-state index contributed by atoms with van der Waals surface area (Å²) in [4.78, 5) is 13.6. The largest absolute Gasteiger partial charge is 0.508 e. The molecule has 0 radical (unpaired) electrons. The van der Waals surface area contributed by atoms with E-state index in [1.165, 1.54) is 0 Å². The third-order valence-corrected chi connectivity index (χ3v) is 5.41. The van der Waals surface area contributed by atoms with Crippen LogP contribution in [0.4, 0.5) is 5.69 Å². The van der Waals surface area contributed by atoms with Crippen LogP contribution < -0.4 is 10.5 Å². The van der Waals surface area contributed by atoms with Crippen LogP contribution in [-0.2, 0) is 0 Å². The highest BCUT2D eigenvalue weighted by Gasteiger charge is 2.33. The topological polar surface area (TPSA) is 111 Å². The van der Waals surface area contributed by atoms with E-state index in [0.717, 1.165) is 22.3 Å². The first-order chi connectivity index (χ1) is 15.2. The van der Waals surface area contributed by atoms with Gasteiger partial charge in [-0.05, 0) is 29.8 Å². The molecule has 1 atom stereocenters. The molecule has 0 aliphatic carbocycles. The third kappa shape index (κ3) is 2.69. The van der Waals surface area contributed by atoms with Crippen molar-refractivity contribution in [2.24, 2.45) is 0 Å². The Morgan fingerprint density at radius 1 is 1.06 bits per heavy atom. The zero-order chi connectivity index (χ0) is 20.9. The molecule has 0 spiro atoms. The third-order valence-electron chi connectivity index (χ3n) is 5.41. The molecule has 1 aliphatic rings. The van der Waals surface area contributed by atoms with Crippen LogP contribution in [0.3, 0.4) is 0 Å². The van der Waals surface area contributed by atoms with Crippen molar-refractivity contribution >= 4 is 11.3 Å². The van der Waals surface area contributed by atoms with Crippen molar-refractivity contribution in [3.63, 3.8) is 0 Å². The SMILES string of the molecule is Nc1ccccc1-c1nc2c3c(ncn2n1)Oc1cc(O)ccc1C3c1cccnc1. The summed E-state index contributed by atoms with van der Waals surface area (Å²) in [6.45, 7) is 0. The second-order valence-electron chi connectivity index (χ2n) is 7.30. The number of nitrogens with zero attached hydrogens (tertiary/aromatic N) is 5. The summed E-state index contributed by atoms with van der Waals surface area (Å²) < 4.78 is 7.70. The summed E-state index contributed by atoms with van der Waals surface area (Å²) in [5.74, 6) is 1.35. The van der Waals surface area contributed by atoms with Crippen molar-refractivity contribution in [3.05, 3.63) is 90.0 Å². The van der Waals surface area contributed by atoms with Gasteiger partial charge in [0.2, 0.25) is 5.88 Å². The molecule has 3 aromatic heterocycles. The van der Waals surface area contributed by atoms with Crippen molar-refractivity contribution < 1.29 is 9.84 Å². The predicted octanol–water partition coefficient (Wildman–Crippen LogP) is 3.76. The Bertz CT molecular complexity index is 1450. The maximum absolute atomic E-state index is 9.97. The average Bonchev–Trinajstić information content (AvgIpc) is 3.22. The molecule has 8 heteroatoms. The minimum Gasteiger partial charge on any atom is -0.508 e. The normalized spacial score (nSPS) is 14.6. The highest BCUT2D eigenvalue weighted by Crippen LogP contribution is 2.48. The van der Waals surface area contributed by atoms with Gasteiger partial charge in [-0.1, -0.05) is 24.3 Å². The first-order valence-electron chi connectivity index (χ1n) is 9.70. The number of nitrogens with two attached hydrogens (primary N) is 1. The van der Waals surface area contributed by atoms with Gasteiger partial charge in [0, 0.05) is 41.2 Å². The van der Waals surface area contributed by atoms with Crippen molar-refractivity contribution in [2.45, 2.75) is 5.92 Å². The lowest BCUT2D eigenvalue weighted by atomic mass is 9.84. The molecule has 0 amide bonds. The van der Waals surface area contributed by atoms with Gasteiger partial charge >= 0.3 is 0 Å². The zero-order valence-electron chi connectivity index (χ0n) is 16.2. The van der Waals surface area contributed by atoms with Crippen LogP contribution in [0.1, 0.15) is 22.6 Å². The molecule has 6 rings (SSSR count). The summed E-state index contributed by atoms with van der Waals surface area (Å²) in [5.41, 5.74) is 10.7. The van der Waals surface area contributed by atoms with Crippen LogP contribution in [0.25, 0.3) is 17.0 Å². The lowest BCUT2D eigenvalue weighted by Gasteiger charge is -2.27. The Hall–Kier alpha value is -4.46. The molecule has 2 aromatic carbocycles. The molecule has 31 heavy (non-hydrogen) atoms. The number of rotatable bonds is 2. The fourth-order valence-electron chi connectivity index (χ4n) is 4.01. The number of nitrogen functional groups attached to an aromatic ring is 1. The number of hydrogen-bond acceptors (Lipinski definition) is 7. The van der Waals surface area contributed by atoms with E-state index < -0.39 is 0 Å². The number of ether oxygens (including phenoxy) is 1. The predicted molar refractivity (Wildman–Crippen MR) is 114 cm³/mol. The molecule has 0 bridgehead atoms. The van der Waals surface area contributed by atoms with Gasteiger partial charge < -0.3 is 15.6 Å². The van der Waals surface area contributed by atoms with Gasteiger partial charge in [0.05, 0.1) is 5.56 Å². The van der Waals surface area contributed by atoms with E-state index in [2.05, 4.69) is 15.1 Å². The Morgan fingerprint density at radius 2 is 1.97 bits per heavy atom. The second-order valence-corrected chi connectivity index (χ2v) is 7.30. The molecule has 1 aliphatic heterocycles. The van der Waals surface area contributed by atoms with E-state index in [4.69, 9.17) is 15.5 Å². The number of para-hydroxylation sites is 1. The average molecular weight is 408 g/mol. The van der Waals surface area contributed by atoms with Crippen LogP contribution in [-0.4, -0.2) is 29.7 Å². The lowest BCUT2D eigenvalue weighted by molar-refractivity contribution is 0.422. The Balaban J connectivity index is 1.63. The number of hydrogen-bond donors (Lipinski definition) is 2. The molecule has 1 unspecified atom stereocenters. The first-order valence-corrected chi connectivity index (χ1v) is 9.70. The number of anilines is 1. The summed E-state index contributed by atoms with van der Waals surface area (Å²) in [6, 6.07) is 16.4. The van der Waals surface area contributed by atoms with Crippen LogP contribution >= 0.6 is 0 Å². The summed E-state index contributed by atoms with van der Waals surface area (Å²) in [6.07, 6.45) is 5.11. The van der Waals surface area contributed by atoms with Crippen LogP contribution in [0.15, 0.2) is 73.3 Å². The molecule has 4 heterocycles. The van der Waals surface area contributed by atoms with Crippen molar-refractivity contribution in [3.8, 4) is 28.8 Å². The fourth-order valence-corrected chi connectivity index (χ4v) is 4.01. The molecule has 3 N–H and O–H groups in total. The Kier molecular flexibility index (Phi) is 3.66. The van der Waals surface area contributed by atoms with Gasteiger partial charge in [0.25, 0.3) is 0 Å². The standard InChI is InChI=1S/C23H16N6O2/c24-17-6-2-1-5-15(17)21-27-22-20-19(13-4-3-9-25-11-13)16-8-7-14(30)10-18(16)31-23(20)26-12-29(22)28-21/h1-12,19,30H,24H2. The number of fused-ring (bicyclic) bond motifs is 4. The summed E-state index contributed by atoms with van der Waals surface area (Å²) in [5, 5.41) is 14.6. The van der Waals surface area contributed by atoms with E-state index in [9.17, 15) is 5.11 Å². The minimum absolute atomic E-state index is 0.123. The van der Waals surface area contributed by atoms with Gasteiger partial charge in [0.15, 0.2) is 11.5 Å². The van der Waals surface area contributed by atoms with Crippen LogP contribution in [0.2, 0.25) is 0 Å². The first kappa shape index (κ1) is 17.4. The van der Waals surface area contributed by atoms with Crippen LogP contribution in [0.5, 0.6) is 17.4 Å². The molecule has 0 fully saturated rings.